The van der Waals surface area contributed by atoms with Gasteiger partial charge < -0.3 is 11.1 Å². The zero-order valence-electron chi connectivity index (χ0n) is 9.57. The molecule has 1 saturated carbocycles. The van der Waals surface area contributed by atoms with E-state index < -0.39 is 0 Å². The summed E-state index contributed by atoms with van der Waals surface area (Å²) in [6, 6.07) is 8.02. The predicted octanol–water partition coefficient (Wildman–Crippen LogP) is 2.62. The van der Waals surface area contributed by atoms with Crippen LogP contribution in [0.25, 0.3) is 10.1 Å². The number of nitrogens with one attached hydrogen (secondary N) is 1. The maximum Gasteiger partial charge on any atom is 0.261 e. The number of benzene rings is 1. The number of hydrogen-bond acceptors (Lipinski definition) is 3. The molecule has 4 heteroatoms. The van der Waals surface area contributed by atoms with Gasteiger partial charge in [-0.3, -0.25) is 4.79 Å². The van der Waals surface area contributed by atoms with Crippen molar-refractivity contribution in [2.45, 2.75) is 19.4 Å². The van der Waals surface area contributed by atoms with Gasteiger partial charge in [0.15, 0.2) is 0 Å². The Bertz CT molecular complexity index is 590. The zero-order chi connectivity index (χ0) is 12.0. The van der Waals surface area contributed by atoms with E-state index in [0.29, 0.717) is 12.0 Å². The quantitative estimate of drug-likeness (QED) is 0.800. The van der Waals surface area contributed by atoms with E-state index in [1.165, 1.54) is 11.3 Å². The number of carbonyl (C=O) groups is 1. The number of carbonyl (C=O) groups excluding carboxylic acids is 1. The van der Waals surface area contributed by atoms with Crippen LogP contribution in [0.4, 0.5) is 5.69 Å². The highest BCUT2D eigenvalue weighted by atomic mass is 32.1. The first-order chi connectivity index (χ1) is 8.13. The van der Waals surface area contributed by atoms with Gasteiger partial charge in [-0.25, -0.2) is 0 Å². The molecule has 0 saturated heterocycles. The van der Waals surface area contributed by atoms with Crippen molar-refractivity contribution in [1.82, 2.24) is 5.32 Å². The lowest BCUT2D eigenvalue weighted by Gasteiger charge is -1.99. The third-order valence-corrected chi connectivity index (χ3v) is 4.30. The topological polar surface area (TPSA) is 55.1 Å². The Morgan fingerprint density at radius 2 is 2.24 bits per heavy atom. The van der Waals surface area contributed by atoms with Gasteiger partial charge in [0.2, 0.25) is 0 Å². The Kier molecular flexibility index (Phi) is 2.33. The first-order valence-electron chi connectivity index (χ1n) is 5.73. The SMILES string of the molecule is CC1CC1NC(=O)c1cc2cc(N)ccc2s1. The van der Waals surface area contributed by atoms with E-state index in [1.54, 1.807) is 0 Å². The average Bonchev–Trinajstić information content (AvgIpc) is 2.81. The number of amides is 1. The van der Waals surface area contributed by atoms with Crippen LogP contribution in [0.1, 0.15) is 23.0 Å². The van der Waals surface area contributed by atoms with Crippen LogP contribution in [0.3, 0.4) is 0 Å². The molecule has 1 aromatic heterocycles. The largest absolute Gasteiger partial charge is 0.399 e. The second-order valence-corrected chi connectivity index (χ2v) is 5.78. The molecule has 1 heterocycles. The van der Waals surface area contributed by atoms with Crippen LogP contribution in [0.5, 0.6) is 0 Å². The summed E-state index contributed by atoms with van der Waals surface area (Å²) in [5.74, 6) is 0.670. The third kappa shape index (κ3) is 2.00. The van der Waals surface area contributed by atoms with Gasteiger partial charge in [-0.05, 0) is 42.0 Å². The summed E-state index contributed by atoms with van der Waals surface area (Å²) in [5.41, 5.74) is 6.46. The Hall–Kier alpha value is -1.55. The van der Waals surface area contributed by atoms with Crippen molar-refractivity contribution in [3.63, 3.8) is 0 Å². The van der Waals surface area contributed by atoms with Gasteiger partial charge in [-0.1, -0.05) is 6.92 Å². The minimum absolute atomic E-state index is 0.0409. The van der Waals surface area contributed by atoms with Crippen molar-refractivity contribution in [2.75, 3.05) is 5.73 Å². The molecule has 1 aliphatic carbocycles. The van der Waals surface area contributed by atoms with Crippen LogP contribution in [0, 0.1) is 5.92 Å². The van der Waals surface area contributed by atoms with Crippen molar-refractivity contribution in [3.05, 3.63) is 29.1 Å². The van der Waals surface area contributed by atoms with Crippen LogP contribution in [-0.4, -0.2) is 11.9 Å². The Balaban J connectivity index is 1.87. The predicted molar refractivity (Wildman–Crippen MR) is 71.3 cm³/mol. The fraction of sp³-hybridized carbons (Fsp3) is 0.308. The fourth-order valence-corrected chi connectivity index (χ4v) is 2.88. The standard InChI is InChI=1S/C13H14N2OS/c1-7-4-10(7)15-13(16)12-6-8-5-9(14)2-3-11(8)17-12/h2-3,5-7,10H,4,14H2,1H3,(H,15,16). The maximum absolute atomic E-state index is 12.0. The first-order valence-corrected chi connectivity index (χ1v) is 6.55. The van der Waals surface area contributed by atoms with E-state index in [0.717, 1.165) is 27.1 Å². The summed E-state index contributed by atoms with van der Waals surface area (Å²) in [7, 11) is 0. The molecular formula is C13H14N2OS. The lowest BCUT2D eigenvalue weighted by molar-refractivity contribution is 0.0953. The highest BCUT2D eigenvalue weighted by Gasteiger charge is 2.34. The van der Waals surface area contributed by atoms with Crippen LogP contribution >= 0.6 is 11.3 Å². The molecule has 1 amide bonds. The minimum atomic E-state index is 0.0409. The van der Waals surface area contributed by atoms with E-state index >= 15 is 0 Å². The normalized spacial score (nSPS) is 22.6. The summed E-state index contributed by atoms with van der Waals surface area (Å²) in [4.78, 5) is 12.7. The summed E-state index contributed by atoms with van der Waals surface area (Å²) in [5, 5.41) is 4.08. The highest BCUT2D eigenvalue weighted by Crippen LogP contribution is 2.31. The first kappa shape index (κ1) is 10.6. The second kappa shape index (κ2) is 3.74. The Morgan fingerprint density at radius 3 is 2.94 bits per heavy atom. The Morgan fingerprint density at radius 1 is 1.47 bits per heavy atom. The summed E-state index contributed by atoms with van der Waals surface area (Å²) in [6.45, 7) is 2.15. The van der Waals surface area contributed by atoms with Crippen molar-refractivity contribution in [2.24, 2.45) is 5.92 Å². The number of hydrogen-bond donors (Lipinski definition) is 2. The van der Waals surface area contributed by atoms with E-state index in [-0.39, 0.29) is 5.91 Å². The van der Waals surface area contributed by atoms with Crippen molar-refractivity contribution in [3.8, 4) is 0 Å². The molecule has 88 valence electrons. The third-order valence-electron chi connectivity index (χ3n) is 3.19. The van der Waals surface area contributed by atoms with Crippen LogP contribution in [0.15, 0.2) is 24.3 Å². The van der Waals surface area contributed by atoms with Gasteiger partial charge >= 0.3 is 0 Å². The lowest BCUT2D eigenvalue weighted by Crippen LogP contribution is -2.25. The molecule has 2 atom stereocenters. The molecule has 3 rings (SSSR count). The van der Waals surface area contributed by atoms with Gasteiger partial charge in [-0.15, -0.1) is 11.3 Å². The number of fused-ring (bicyclic) bond motifs is 1. The average molecular weight is 246 g/mol. The molecule has 2 aromatic rings. The fourth-order valence-electron chi connectivity index (χ4n) is 1.94. The van der Waals surface area contributed by atoms with Gasteiger partial charge in [0.25, 0.3) is 5.91 Å². The van der Waals surface area contributed by atoms with E-state index in [2.05, 4.69) is 12.2 Å². The van der Waals surface area contributed by atoms with E-state index in [4.69, 9.17) is 5.73 Å². The van der Waals surface area contributed by atoms with Crippen LogP contribution in [-0.2, 0) is 0 Å². The number of nitrogens with two attached hydrogens (primary N) is 1. The molecule has 1 fully saturated rings. The second-order valence-electron chi connectivity index (χ2n) is 4.70. The van der Waals surface area contributed by atoms with Gasteiger partial charge in [0.1, 0.15) is 0 Å². The van der Waals surface area contributed by atoms with Crippen molar-refractivity contribution >= 4 is 33.0 Å². The number of thiophene rings is 1. The molecule has 2 unspecified atom stereocenters. The van der Waals surface area contributed by atoms with E-state index in [1.807, 2.05) is 24.3 Å². The molecule has 3 N–H and O–H groups in total. The lowest BCUT2D eigenvalue weighted by atomic mass is 10.2. The molecule has 17 heavy (non-hydrogen) atoms. The molecule has 0 aliphatic heterocycles. The molecule has 0 spiro atoms. The highest BCUT2D eigenvalue weighted by molar-refractivity contribution is 7.20. The van der Waals surface area contributed by atoms with Crippen LogP contribution < -0.4 is 11.1 Å². The van der Waals surface area contributed by atoms with Gasteiger partial charge in [0, 0.05) is 16.4 Å². The molecule has 1 aliphatic rings. The monoisotopic (exact) mass is 246 g/mol. The van der Waals surface area contributed by atoms with Crippen molar-refractivity contribution < 1.29 is 4.79 Å². The molecular weight excluding hydrogens is 232 g/mol. The summed E-state index contributed by atoms with van der Waals surface area (Å²) < 4.78 is 1.10. The molecule has 0 radical (unpaired) electrons. The van der Waals surface area contributed by atoms with Crippen LogP contribution in [0.2, 0.25) is 0 Å². The van der Waals surface area contributed by atoms with Gasteiger partial charge in [0.05, 0.1) is 4.88 Å². The smallest absolute Gasteiger partial charge is 0.261 e. The molecule has 0 bridgehead atoms. The number of anilines is 1. The molecule has 1 aromatic carbocycles. The Labute approximate surface area is 104 Å². The van der Waals surface area contributed by atoms with Crippen molar-refractivity contribution in [1.29, 1.82) is 0 Å². The molecule has 3 nitrogen and oxygen atoms in total. The zero-order valence-corrected chi connectivity index (χ0v) is 10.4. The summed E-state index contributed by atoms with van der Waals surface area (Å²) in [6.07, 6.45) is 1.10. The van der Waals surface area contributed by atoms with E-state index in [9.17, 15) is 4.79 Å². The van der Waals surface area contributed by atoms with Gasteiger partial charge in [-0.2, -0.15) is 0 Å². The number of rotatable bonds is 2. The minimum Gasteiger partial charge on any atom is -0.399 e. The summed E-state index contributed by atoms with van der Waals surface area (Å²) >= 11 is 1.52. The maximum atomic E-state index is 12.0. The number of nitrogen functional groups attached to an aromatic ring is 1.